The van der Waals surface area contributed by atoms with Gasteiger partial charge < -0.3 is 15.2 Å². The van der Waals surface area contributed by atoms with E-state index in [0.29, 0.717) is 32.5 Å². The van der Waals surface area contributed by atoms with Gasteiger partial charge in [0.25, 0.3) is 0 Å². The Morgan fingerprint density at radius 2 is 1.76 bits per heavy atom. The first-order valence-corrected chi connectivity index (χ1v) is 9.16. The van der Waals surface area contributed by atoms with Gasteiger partial charge in [0.05, 0.1) is 19.3 Å². The van der Waals surface area contributed by atoms with Crippen LogP contribution in [-0.2, 0) is 25.5 Å². The van der Waals surface area contributed by atoms with E-state index in [-0.39, 0.29) is 24.0 Å². The summed E-state index contributed by atoms with van der Waals surface area (Å²) in [6.45, 7) is 1.58. The number of imide groups is 1. The predicted molar refractivity (Wildman–Crippen MR) is 96.3 cm³/mol. The van der Waals surface area contributed by atoms with Crippen molar-refractivity contribution in [1.29, 1.82) is 0 Å². The number of rotatable bonds is 4. The molecule has 2 aliphatic heterocycles. The summed E-state index contributed by atoms with van der Waals surface area (Å²) in [5.41, 5.74) is 1.20. The van der Waals surface area contributed by atoms with Gasteiger partial charge in [-0.2, -0.15) is 13.2 Å². The maximum atomic E-state index is 11.6. The number of benzene rings is 1. The van der Waals surface area contributed by atoms with Crippen molar-refractivity contribution in [3.05, 3.63) is 34.9 Å². The molecular formula is C18H20ClF3N2O5. The summed E-state index contributed by atoms with van der Waals surface area (Å²) in [5, 5.41) is 11.3. The van der Waals surface area contributed by atoms with E-state index in [2.05, 4.69) is 5.32 Å². The number of halogens is 4. The number of hydrogen-bond acceptors (Lipinski definition) is 5. The minimum Gasteiger partial charge on any atom is -0.475 e. The second-order valence-electron chi connectivity index (χ2n) is 6.59. The van der Waals surface area contributed by atoms with Gasteiger partial charge in [-0.05, 0) is 24.1 Å². The van der Waals surface area contributed by atoms with Gasteiger partial charge in [-0.1, -0.05) is 23.7 Å². The average molecular weight is 437 g/mol. The molecule has 2 aliphatic rings. The Bertz CT molecular complexity index is 718. The maximum Gasteiger partial charge on any atom is 0.490 e. The number of hydrogen-bond donors (Lipinski definition) is 2. The Morgan fingerprint density at radius 3 is 2.21 bits per heavy atom. The molecule has 160 valence electrons. The third-order valence-electron chi connectivity index (χ3n) is 4.35. The average Bonchev–Trinajstić information content (AvgIpc) is 2.97. The summed E-state index contributed by atoms with van der Waals surface area (Å²) < 4.78 is 37.5. The summed E-state index contributed by atoms with van der Waals surface area (Å²) in [6, 6.07) is 8.03. The molecule has 3 rings (SSSR count). The molecule has 11 heteroatoms. The molecule has 0 saturated carbocycles. The molecule has 7 nitrogen and oxygen atoms in total. The number of likely N-dealkylation sites (tertiary alicyclic amines) is 1. The molecule has 1 aromatic carbocycles. The lowest BCUT2D eigenvalue weighted by atomic mass is 10.1. The van der Waals surface area contributed by atoms with Gasteiger partial charge in [0.2, 0.25) is 11.8 Å². The first kappa shape index (κ1) is 23.1. The van der Waals surface area contributed by atoms with Crippen LogP contribution in [0, 0.1) is 0 Å². The molecule has 0 bridgehead atoms. The van der Waals surface area contributed by atoms with E-state index >= 15 is 0 Å². The van der Waals surface area contributed by atoms with Crippen molar-refractivity contribution in [2.45, 2.75) is 37.6 Å². The highest BCUT2D eigenvalue weighted by Crippen LogP contribution is 2.16. The first-order chi connectivity index (χ1) is 13.6. The van der Waals surface area contributed by atoms with Crippen molar-refractivity contribution < 1.29 is 37.4 Å². The highest BCUT2D eigenvalue weighted by molar-refractivity contribution is 6.30. The van der Waals surface area contributed by atoms with Crippen LogP contribution in [0.25, 0.3) is 0 Å². The molecule has 29 heavy (non-hydrogen) atoms. The van der Waals surface area contributed by atoms with Gasteiger partial charge in [-0.25, -0.2) is 4.79 Å². The Kier molecular flexibility index (Phi) is 8.00. The number of carboxylic acid groups (broad SMARTS) is 1. The number of carbonyl (C=O) groups excluding carboxylic acids is 2. The van der Waals surface area contributed by atoms with E-state index in [1.165, 1.54) is 10.5 Å². The normalized spacial score (nSPS) is 22.3. The van der Waals surface area contributed by atoms with Crippen LogP contribution in [0.2, 0.25) is 5.02 Å². The number of carboxylic acids is 1. The standard InChI is InChI=1S/C16H19ClN2O3.C2HF3O2/c17-12-3-1-11(2-4-12)7-13-10-22-14(8-18-13)9-19-15(20)5-6-16(19)21;3-2(4,5)1(6)7/h1-4,13-14,18H,5-10H2;(H,6,7)/t13-,14+;/m0./s1. The van der Waals surface area contributed by atoms with Crippen LogP contribution in [0.4, 0.5) is 13.2 Å². The fourth-order valence-corrected chi connectivity index (χ4v) is 2.98. The van der Waals surface area contributed by atoms with Crippen LogP contribution in [0.1, 0.15) is 18.4 Å². The zero-order valence-corrected chi connectivity index (χ0v) is 16.0. The summed E-state index contributed by atoms with van der Waals surface area (Å²) in [6.07, 6.45) is -3.67. The number of carbonyl (C=O) groups is 3. The molecule has 0 spiro atoms. The zero-order chi connectivity index (χ0) is 21.6. The zero-order valence-electron chi connectivity index (χ0n) is 15.2. The van der Waals surface area contributed by atoms with Gasteiger partial charge in [-0.15, -0.1) is 0 Å². The fraction of sp³-hybridized carbons (Fsp3) is 0.500. The SMILES string of the molecule is O=C(O)C(F)(F)F.O=C1CCC(=O)N1C[C@H]1CN[C@@H](Cc2ccc(Cl)cc2)CO1. The number of aliphatic carboxylic acids is 1. The Balaban J connectivity index is 0.000000370. The topological polar surface area (TPSA) is 95.9 Å². The molecule has 0 radical (unpaired) electrons. The molecule has 2 amide bonds. The summed E-state index contributed by atoms with van der Waals surface area (Å²) in [5.74, 6) is -2.93. The molecule has 2 heterocycles. The Labute approximate surface area is 169 Å². The van der Waals surface area contributed by atoms with Gasteiger partial charge in [-0.3, -0.25) is 14.5 Å². The molecular weight excluding hydrogens is 417 g/mol. The lowest BCUT2D eigenvalue weighted by molar-refractivity contribution is -0.192. The third-order valence-corrected chi connectivity index (χ3v) is 4.60. The molecule has 2 N–H and O–H groups in total. The molecule has 2 saturated heterocycles. The lowest BCUT2D eigenvalue weighted by Crippen LogP contribution is -2.51. The van der Waals surface area contributed by atoms with E-state index in [4.69, 9.17) is 26.2 Å². The van der Waals surface area contributed by atoms with Gasteiger partial charge >= 0.3 is 12.1 Å². The summed E-state index contributed by atoms with van der Waals surface area (Å²) in [4.78, 5) is 33.4. The van der Waals surface area contributed by atoms with Crippen molar-refractivity contribution in [2.75, 3.05) is 19.7 Å². The van der Waals surface area contributed by atoms with Crippen molar-refractivity contribution in [3.63, 3.8) is 0 Å². The van der Waals surface area contributed by atoms with E-state index in [1.807, 2.05) is 24.3 Å². The molecule has 1 aromatic rings. The van der Waals surface area contributed by atoms with Crippen LogP contribution in [0.5, 0.6) is 0 Å². The van der Waals surface area contributed by atoms with Crippen LogP contribution < -0.4 is 5.32 Å². The fourth-order valence-electron chi connectivity index (χ4n) is 2.85. The molecule has 2 atom stereocenters. The minimum absolute atomic E-state index is 0.0862. The number of alkyl halides is 3. The second-order valence-corrected chi connectivity index (χ2v) is 7.03. The predicted octanol–water partition coefficient (Wildman–Crippen LogP) is 2.02. The van der Waals surface area contributed by atoms with Crippen LogP contribution in [0.15, 0.2) is 24.3 Å². The van der Waals surface area contributed by atoms with Crippen LogP contribution in [0.3, 0.4) is 0 Å². The van der Waals surface area contributed by atoms with E-state index in [9.17, 15) is 22.8 Å². The molecule has 0 aliphatic carbocycles. The number of nitrogens with zero attached hydrogens (tertiary/aromatic N) is 1. The number of morpholine rings is 1. The maximum absolute atomic E-state index is 11.6. The van der Waals surface area contributed by atoms with E-state index in [1.54, 1.807) is 0 Å². The van der Waals surface area contributed by atoms with Gasteiger partial charge in [0, 0.05) is 30.5 Å². The highest BCUT2D eigenvalue weighted by atomic mass is 35.5. The van der Waals surface area contributed by atoms with Crippen LogP contribution in [-0.4, -0.2) is 65.8 Å². The molecule has 2 fully saturated rings. The first-order valence-electron chi connectivity index (χ1n) is 8.79. The van der Waals surface area contributed by atoms with Crippen molar-refractivity contribution in [1.82, 2.24) is 10.2 Å². The Hall–Kier alpha value is -2.17. The summed E-state index contributed by atoms with van der Waals surface area (Å²) in [7, 11) is 0. The van der Waals surface area contributed by atoms with Gasteiger partial charge in [0.15, 0.2) is 0 Å². The number of amides is 2. The van der Waals surface area contributed by atoms with E-state index < -0.39 is 12.1 Å². The van der Waals surface area contributed by atoms with E-state index in [0.717, 1.165) is 11.4 Å². The van der Waals surface area contributed by atoms with Crippen molar-refractivity contribution >= 4 is 29.4 Å². The van der Waals surface area contributed by atoms with Gasteiger partial charge in [0.1, 0.15) is 0 Å². The van der Waals surface area contributed by atoms with Crippen molar-refractivity contribution in [3.8, 4) is 0 Å². The lowest BCUT2D eigenvalue weighted by Gasteiger charge is -2.32. The molecule has 0 aromatic heterocycles. The number of nitrogens with one attached hydrogen (secondary N) is 1. The monoisotopic (exact) mass is 436 g/mol. The highest BCUT2D eigenvalue weighted by Gasteiger charge is 2.38. The third kappa shape index (κ3) is 7.30. The quantitative estimate of drug-likeness (QED) is 0.701. The summed E-state index contributed by atoms with van der Waals surface area (Å²) >= 11 is 5.88. The Morgan fingerprint density at radius 1 is 1.21 bits per heavy atom. The largest absolute Gasteiger partial charge is 0.490 e. The smallest absolute Gasteiger partial charge is 0.475 e. The van der Waals surface area contributed by atoms with Crippen LogP contribution >= 0.6 is 11.6 Å². The minimum atomic E-state index is -5.08. The number of ether oxygens (including phenoxy) is 1. The van der Waals surface area contributed by atoms with Crippen molar-refractivity contribution in [2.24, 2.45) is 0 Å². The second kappa shape index (κ2) is 10.0. The molecule has 0 unspecified atom stereocenters.